The van der Waals surface area contributed by atoms with E-state index in [1.54, 1.807) is 0 Å². The highest BCUT2D eigenvalue weighted by Crippen LogP contribution is 2.18. The summed E-state index contributed by atoms with van der Waals surface area (Å²) in [7, 11) is 0. The lowest BCUT2D eigenvalue weighted by Crippen LogP contribution is -2.20. The van der Waals surface area contributed by atoms with Crippen LogP contribution < -0.4 is 10.6 Å². The summed E-state index contributed by atoms with van der Waals surface area (Å²) in [5, 5.41) is 14.7. The molecule has 1 fully saturated rings. The zero-order valence-corrected chi connectivity index (χ0v) is 9.95. The molecular formula is C11H19N5. The molecule has 0 aliphatic heterocycles. The van der Waals surface area contributed by atoms with Crippen LogP contribution in [0.5, 0.6) is 0 Å². The minimum Gasteiger partial charge on any atom is -0.353 e. The second kappa shape index (κ2) is 5.21. The van der Waals surface area contributed by atoms with Gasteiger partial charge in [0.2, 0.25) is 5.95 Å². The van der Waals surface area contributed by atoms with Gasteiger partial charge in [-0.15, -0.1) is 5.10 Å². The van der Waals surface area contributed by atoms with Crippen molar-refractivity contribution < 1.29 is 0 Å². The predicted molar refractivity (Wildman–Crippen MR) is 63.4 cm³/mol. The minimum atomic E-state index is 0.634. The standard InChI is InChI=1S/C11H19N5/c1-8-9(2)15-16-11(14-8)13-7-3-6-12-10-4-5-10/h10,12H,3-7H2,1-2H3,(H,13,14,16). The number of hydrogen-bond acceptors (Lipinski definition) is 5. The van der Waals surface area contributed by atoms with E-state index in [-0.39, 0.29) is 0 Å². The summed E-state index contributed by atoms with van der Waals surface area (Å²) in [6.07, 6.45) is 3.78. The highest BCUT2D eigenvalue weighted by molar-refractivity contribution is 5.24. The summed E-state index contributed by atoms with van der Waals surface area (Å²) in [5.74, 6) is 0.634. The van der Waals surface area contributed by atoms with E-state index in [9.17, 15) is 0 Å². The van der Waals surface area contributed by atoms with Crippen molar-refractivity contribution in [1.29, 1.82) is 0 Å². The third-order valence-corrected chi connectivity index (χ3v) is 2.74. The smallest absolute Gasteiger partial charge is 0.242 e. The summed E-state index contributed by atoms with van der Waals surface area (Å²) in [4.78, 5) is 4.31. The lowest BCUT2D eigenvalue weighted by atomic mass is 10.4. The molecule has 1 saturated carbocycles. The molecule has 16 heavy (non-hydrogen) atoms. The Kier molecular flexibility index (Phi) is 3.66. The minimum absolute atomic E-state index is 0.634. The highest BCUT2D eigenvalue weighted by Gasteiger charge is 2.19. The summed E-state index contributed by atoms with van der Waals surface area (Å²) >= 11 is 0. The molecule has 0 spiro atoms. The molecule has 1 aliphatic carbocycles. The second-order valence-electron chi connectivity index (χ2n) is 4.31. The lowest BCUT2D eigenvalue weighted by Gasteiger charge is -2.06. The van der Waals surface area contributed by atoms with Gasteiger partial charge < -0.3 is 10.6 Å². The van der Waals surface area contributed by atoms with Crippen molar-refractivity contribution in [3.63, 3.8) is 0 Å². The van der Waals surface area contributed by atoms with Crippen LogP contribution in [0.25, 0.3) is 0 Å². The van der Waals surface area contributed by atoms with E-state index in [1.807, 2.05) is 13.8 Å². The molecule has 0 saturated heterocycles. The Labute approximate surface area is 96.1 Å². The van der Waals surface area contributed by atoms with Crippen molar-refractivity contribution in [3.05, 3.63) is 11.4 Å². The van der Waals surface area contributed by atoms with Gasteiger partial charge in [-0.3, -0.25) is 0 Å². The average Bonchev–Trinajstić information content (AvgIpc) is 3.07. The van der Waals surface area contributed by atoms with Crippen LogP contribution in [0.3, 0.4) is 0 Å². The number of hydrogen-bond donors (Lipinski definition) is 2. The average molecular weight is 221 g/mol. The predicted octanol–water partition coefficient (Wildman–Crippen LogP) is 1.04. The molecule has 2 N–H and O–H groups in total. The first-order valence-corrected chi connectivity index (χ1v) is 5.91. The van der Waals surface area contributed by atoms with Crippen molar-refractivity contribution >= 4 is 5.95 Å². The number of anilines is 1. The van der Waals surface area contributed by atoms with Crippen molar-refractivity contribution in [2.45, 2.75) is 39.2 Å². The molecule has 5 nitrogen and oxygen atoms in total. The first kappa shape index (κ1) is 11.3. The monoisotopic (exact) mass is 221 g/mol. The van der Waals surface area contributed by atoms with Crippen molar-refractivity contribution in [2.75, 3.05) is 18.4 Å². The Morgan fingerprint density at radius 2 is 1.94 bits per heavy atom. The van der Waals surface area contributed by atoms with Crippen LogP contribution in [0.15, 0.2) is 0 Å². The zero-order chi connectivity index (χ0) is 11.4. The summed E-state index contributed by atoms with van der Waals surface area (Å²) < 4.78 is 0. The van der Waals surface area contributed by atoms with Crippen LogP contribution in [0.1, 0.15) is 30.7 Å². The molecular weight excluding hydrogens is 202 g/mol. The number of nitrogens with one attached hydrogen (secondary N) is 2. The van der Waals surface area contributed by atoms with Crippen LogP contribution in [0, 0.1) is 13.8 Å². The Hall–Kier alpha value is -1.23. The molecule has 0 unspecified atom stereocenters. The molecule has 1 heterocycles. The number of aromatic nitrogens is 3. The molecule has 0 amide bonds. The molecule has 2 rings (SSSR count). The summed E-state index contributed by atoms with van der Waals surface area (Å²) in [5.41, 5.74) is 1.83. The van der Waals surface area contributed by atoms with E-state index in [0.29, 0.717) is 5.95 Å². The fraction of sp³-hybridized carbons (Fsp3) is 0.727. The molecule has 0 aromatic carbocycles. The first-order valence-electron chi connectivity index (χ1n) is 5.91. The number of aryl methyl sites for hydroxylation is 2. The van der Waals surface area contributed by atoms with E-state index in [2.05, 4.69) is 25.8 Å². The van der Waals surface area contributed by atoms with E-state index >= 15 is 0 Å². The van der Waals surface area contributed by atoms with Crippen LogP contribution in [0.4, 0.5) is 5.95 Å². The van der Waals surface area contributed by atoms with Crippen molar-refractivity contribution in [2.24, 2.45) is 0 Å². The SMILES string of the molecule is Cc1nnc(NCCCNC2CC2)nc1C. The van der Waals surface area contributed by atoms with Gasteiger partial charge in [-0.05, 0) is 39.7 Å². The largest absolute Gasteiger partial charge is 0.353 e. The maximum atomic E-state index is 4.31. The van der Waals surface area contributed by atoms with E-state index in [0.717, 1.165) is 36.9 Å². The molecule has 0 radical (unpaired) electrons. The van der Waals surface area contributed by atoms with Gasteiger partial charge in [-0.1, -0.05) is 0 Å². The van der Waals surface area contributed by atoms with Crippen molar-refractivity contribution in [3.8, 4) is 0 Å². The van der Waals surface area contributed by atoms with E-state index < -0.39 is 0 Å². The fourth-order valence-electron chi connectivity index (χ4n) is 1.41. The van der Waals surface area contributed by atoms with Gasteiger partial charge in [0.25, 0.3) is 0 Å². The van der Waals surface area contributed by atoms with Crippen LogP contribution >= 0.6 is 0 Å². The Morgan fingerprint density at radius 3 is 2.62 bits per heavy atom. The van der Waals surface area contributed by atoms with Crippen LogP contribution in [0.2, 0.25) is 0 Å². The third kappa shape index (κ3) is 3.41. The van der Waals surface area contributed by atoms with Crippen LogP contribution in [-0.2, 0) is 0 Å². The number of nitrogens with zero attached hydrogens (tertiary/aromatic N) is 3. The maximum absolute atomic E-state index is 4.31. The summed E-state index contributed by atoms with van der Waals surface area (Å²) in [6, 6.07) is 0.791. The molecule has 1 aromatic rings. The fourth-order valence-corrected chi connectivity index (χ4v) is 1.41. The molecule has 1 aliphatic rings. The van der Waals surface area contributed by atoms with Crippen molar-refractivity contribution in [1.82, 2.24) is 20.5 Å². The topological polar surface area (TPSA) is 62.7 Å². The van der Waals surface area contributed by atoms with Gasteiger partial charge in [0, 0.05) is 12.6 Å². The van der Waals surface area contributed by atoms with E-state index in [4.69, 9.17) is 0 Å². The molecule has 5 heteroatoms. The van der Waals surface area contributed by atoms with Gasteiger partial charge in [0.05, 0.1) is 11.4 Å². The molecule has 0 atom stereocenters. The van der Waals surface area contributed by atoms with Gasteiger partial charge in [0.15, 0.2) is 0 Å². The second-order valence-corrected chi connectivity index (χ2v) is 4.31. The summed E-state index contributed by atoms with van der Waals surface area (Å²) in [6.45, 7) is 5.82. The number of rotatable bonds is 6. The first-order chi connectivity index (χ1) is 7.75. The Balaban J connectivity index is 1.65. The quantitative estimate of drug-likeness (QED) is 0.703. The molecule has 1 aromatic heterocycles. The van der Waals surface area contributed by atoms with Gasteiger partial charge in [-0.2, -0.15) is 5.10 Å². The van der Waals surface area contributed by atoms with Crippen LogP contribution in [-0.4, -0.2) is 34.3 Å². The maximum Gasteiger partial charge on any atom is 0.242 e. The zero-order valence-electron chi connectivity index (χ0n) is 9.95. The van der Waals surface area contributed by atoms with E-state index in [1.165, 1.54) is 12.8 Å². The third-order valence-electron chi connectivity index (χ3n) is 2.74. The molecule has 88 valence electrons. The van der Waals surface area contributed by atoms with Gasteiger partial charge in [0.1, 0.15) is 0 Å². The molecule has 0 bridgehead atoms. The Bertz CT molecular complexity index is 348. The van der Waals surface area contributed by atoms with Gasteiger partial charge >= 0.3 is 0 Å². The Morgan fingerprint density at radius 1 is 1.12 bits per heavy atom. The highest BCUT2D eigenvalue weighted by atomic mass is 15.2. The van der Waals surface area contributed by atoms with Gasteiger partial charge in [-0.25, -0.2) is 4.98 Å². The normalized spacial score (nSPS) is 15.1. The lowest BCUT2D eigenvalue weighted by molar-refractivity contribution is 0.657.